The number of phenols is 1. The maximum Gasteiger partial charge on any atom is 0.134 e. The smallest absolute Gasteiger partial charge is 0.134 e. The summed E-state index contributed by atoms with van der Waals surface area (Å²) in [6.07, 6.45) is 1.77. The van der Waals surface area contributed by atoms with Gasteiger partial charge in [-0.05, 0) is 41.3 Å². The van der Waals surface area contributed by atoms with Crippen LogP contribution < -0.4 is 5.32 Å². The van der Waals surface area contributed by atoms with Crippen molar-refractivity contribution in [3.63, 3.8) is 0 Å². The largest absolute Gasteiger partial charge is 0.508 e. The first-order chi connectivity index (χ1) is 9.72. The van der Waals surface area contributed by atoms with Crippen LogP contribution in [0.5, 0.6) is 5.75 Å². The molecule has 3 aromatic rings. The summed E-state index contributed by atoms with van der Waals surface area (Å²) in [5.41, 5.74) is 1.17. The topological polar surface area (TPSA) is 45.2 Å². The lowest BCUT2D eigenvalue weighted by molar-refractivity contribution is 0.476. The van der Waals surface area contributed by atoms with Crippen LogP contribution in [0, 0.1) is 0 Å². The number of hydrogen-bond acceptors (Lipinski definition) is 3. The van der Waals surface area contributed by atoms with Gasteiger partial charge in [-0.2, -0.15) is 0 Å². The summed E-state index contributed by atoms with van der Waals surface area (Å²) in [6.45, 7) is 0.682. The Morgan fingerprint density at radius 1 is 1.10 bits per heavy atom. The Hall–Kier alpha value is -2.07. The second-order valence-corrected chi connectivity index (χ2v) is 5.46. The van der Waals surface area contributed by atoms with E-state index in [9.17, 15) is 5.11 Å². The number of rotatable bonds is 3. The minimum atomic E-state index is 0.246. The van der Waals surface area contributed by atoms with E-state index in [2.05, 4.69) is 38.4 Å². The molecule has 0 atom stereocenters. The molecule has 0 saturated carbocycles. The van der Waals surface area contributed by atoms with Gasteiger partial charge < -0.3 is 10.4 Å². The zero-order valence-electron chi connectivity index (χ0n) is 10.7. The molecule has 0 spiro atoms. The molecule has 0 aliphatic rings. The van der Waals surface area contributed by atoms with E-state index < -0.39 is 0 Å². The van der Waals surface area contributed by atoms with Crippen LogP contribution in [0.4, 0.5) is 5.82 Å². The Bertz CT molecular complexity index is 758. The molecule has 4 heteroatoms. The van der Waals surface area contributed by atoms with Crippen molar-refractivity contribution >= 4 is 32.5 Å². The van der Waals surface area contributed by atoms with Crippen molar-refractivity contribution in [2.75, 3.05) is 5.32 Å². The number of nitrogens with zero attached hydrogens (tertiary/aromatic N) is 1. The molecule has 3 nitrogen and oxygen atoms in total. The first kappa shape index (κ1) is 12.9. The molecule has 2 aromatic carbocycles. The van der Waals surface area contributed by atoms with Gasteiger partial charge in [-0.3, -0.25) is 0 Å². The number of phenolic OH excluding ortho intramolecular Hbond substituents is 1. The van der Waals surface area contributed by atoms with E-state index in [1.807, 2.05) is 24.3 Å². The normalized spacial score (nSPS) is 10.7. The lowest BCUT2D eigenvalue weighted by Crippen LogP contribution is -2.01. The van der Waals surface area contributed by atoms with E-state index in [0.29, 0.717) is 6.54 Å². The van der Waals surface area contributed by atoms with E-state index in [1.165, 1.54) is 5.56 Å². The summed E-state index contributed by atoms with van der Waals surface area (Å²) in [5.74, 6) is 1.02. The van der Waals surface area contributed by atoms with Crippen LogP contribution in [-0.4, -0.2) is 10.1 Å². The van der Waals surface area contributed by atoms with Crippen LogP contribution in [0.15, 0.2) is 59.2 Å². The third-order valence-corrected chi connectivity index (χ3v) is 3.59. The molecule has 2 N–H and O–H groups in total. The quantitative estimate of drug-likeness (QED) is 0.752. The van der Waals surface area contributed by atoms with Crippen molar-refractivity contribution in [3.05, 3.63) is 64.8 Å². The van der Waals surface area contributed by atoms with Gasteiger partial charge in [-0.25, -0.2) is 4.98 Å². The second kappa shape index (κ2) is 5.51. The van der Waals surface area contributed by atoms with Crippen molar-refractivity contribution in [2.45, 2.75) is 6.54 Å². The van der Waals surface area contributed by atoms with E-state index in [4.69, 9.17) is 0 Å². The van der Waals surface area contributed by atoms with Crippen molar-refractivity contribution in [2.24, 2.45) is 0 Å². The Kier molecular flexibility index (Phi) is 3.56. The van der Waals surface area contributed by atoms with Gasteiger partial charge in [0.1, 0.15) is 11.6 Å². The summed E-state index contributed by atoms with van der Waals surface area (Å²) >= 11 is 3.46. The summed E-state index contributed by atoms with van der Waals surface area (Å²) in [7, 11) is 0. The fourth-order valence-corrected chi connectivity index (χ4v) is 2.58. The molecule has 0 aliphatic carbocycles. The lowest BCUT2D eigenvalue weighted by Gasteiger charge is -2.09. The van der Waals surface area contributed by atoms with Crippen molar-refractivity contribution in [1.29, 1.82) is 0 Å². The number of hydrogen-bond donors (Lipinski definition) is 2. The summed E-state index contributed by atoms with van der Waals surface area (Å²) < 4.78 is 1.06. The van der Waals surface area contributed by atoms with Gasteiger partial charge in [0.15, 0.2) is 0 Å². The predicted molar refractivity (Wildman–Crippen MR) is 84.9 cm³/mol. The second-order valence-electron chi connectivity index (χ2n) is 4.55. The van der Waals surface area contributed by atoms with Gasteiger partial charge in [0, 0.05) is 22.6 Å². The first-order valence-corrected chi connectivity index (χ1v) is 7.08. The minimum Gasteiger partial charge on any atom is -0.508 e. The van der Waals surface area contributed by atoms with Gasteiger partial charge in [0.05, 0.1) is 0 Å². The molecule has 0 unspecified atom stereocenters. The van der Waals surface area contributed by atoms with Crippen LogP contribution in [-0.2, 0) is 6.54 Å². The van der Waals surface area contributed by atoms with Crippen molar-refractivity contribution < 1.29 is 5.11 Å². The van der Waals surface area contributed by atoms with Crippen LogP contribution in [0.1, 0.15) is 5.56 Å². The van der Waals surface area contributed by atoms with Crippen LogP contribution in [0.3, 0.4) is 0 Å². The molecule has 100 valence electrons. The van der Waals surface area contributed by atoms with Crippen LogP contribution in [0.2, 0.25) is 0 Å². The maximum absolute atomic E-state index is 9.61. The van der Waals surface area contributed by atoms with Gasteiger partial charge in [-0.15, -0.1) is 0 Å². The standard InChI is InChI=1S/C16H13BrN2O/c17-13-3-1-2-11(8-13)10-19-16-15-9-14(20)5-4-12(15)6-7-18-16/h1-9,20H,10H2,(H,18,19). The zero-order chi connectivity index (χ0) is 13.9. The van der Waals surface area contributed by atoms with Crippen LogP contribution >= 0.6 is 15.9 Å². The van der Waals surface area contributed by atoms with Gasteiger partial charge in [0.25, 0.3) is 0 Å². The van der Waals surface area contributed by atoms with E-state index >= 15 is 0 Å². The lowest BCUT2D eigenvalue weighted by atomic mass is 10.1. The van der Waals surface area contributed by atoms with E-state index in [0.717, 1.165) is 21.1 Å². The number of halogens is 1. The third-order valence-electron chi connectivity index (χ3n) is 3.10. The summed E-state index contributed by atoms with van der Waals surface area (Å²) in [6, 6.07) is 15.3. The highest BCUT2D eigenvalue weighted by Crippen LogP contribution is 2.25. The number of pyridine rings is 1. The van der Waals surface area contributed by atoms with Gasteiger partial charge >= 0.3 is 0 Å². The fourth-order valence-electron chi connectivity index (χ4n) is 2.13. The maximum atomic E-state index is 9.61. The zero-order valence-corrected chi connectivity index (χ0v) is 12.3. The molecule has 0 fully saturated rings. The monoisotopic (exact) mass is 328 g/mol. The number of aromatic hydroxyl groups is 1. The Balaban J connectivity index is 1.89. The molecule has 0 bridgehead atoms. The molecule has 3 rings (SSSR count). The molecule has 1 aromatic heterocycles. The van der Waals surface area contributed by atoms with Crippen molar-refractivity contribution in [1.82, 2.24) is 4.98 Å². The van der Waals surface area contributed by atoms with E-state index in [-0.39, 0.29) is 5.75 Å². The Labute approximate surface area is 125 Å². The summed E-state index contributed by atoms with van der Waals surface area (Å²) in [5, 5.41) is 14.9. The molecular weight excluding hydrogens is 316 g/mol. The summed E-state index contributed by atoms with van der Waals surface area (Å²) in [4.78, 5) is 4.35. The highest BCUT2D eigenvalue weighted by Gasteiger charge is 2.03. The Morgan fingerprint density at radius 2 is 2.00 bits per heavy atom. The number of fused-ring (bicyclic) bond motifs is 1. The van der Waals surface area contributed by atoms with Gasteiger partial charge in [-0.1, -0.05) is 34.1 Å². The molecule has 20 heavy (non-hydrogen) atoms. The van der Waals surface area contributed by atoms with Crippen LogP contribution in [0.25, 0.3) is 10.8 Å². The number of nitrogens with one attached hydrogen (secondary N) is 1. The highest BCUT2D eigenvalue weighted by molar-refractivity contribution is 9.10. The minimum absolute atomic E-state index is 0.246. The average molecular weight is 329 g/mol. The number of aromatic nitrogens is 1. The molecule has 0 saturated heterocycles. The van der Waals surface area contributed by atoms with E-state index in [1.54, 1.807) is 18.3 Å². The highest BCUT2D eigenvalue weighted by atomic mass is 79.9. The molecule has 0 amide bonds. The first-order valence-electron chi connectivity index (χ1n) is 6.28. The number of anilines is 1. The molecule has 0 aliphatic heterocycles. The molecule has 0 radical (unpaired) electrons. The predicted octanol–water partition coefficient (Wildman–Crippen LogP) is 4.32. The Morgan fingerprint density at radius 3 is 2.85 bits per heavy atom. The van der Waals surface area contributed by atoms with Gasteiger partial charge in [0.2, 0.25) is 0 Å². The fraction of sp³-hybridized carbons (Fsp3) is 0.0625. The molecular formula is C16H13BrN2O. The average Bonchev–Trinajstić information content (AvgIpc) is 2.45. The number of benzene rings is 2. The SMILES string of the molecule is Oc1ccc2ccnc(NCc3cccc(Br)c3)c2c1. The third kappa shape index (κ3) is 2.75. The molecule has 1 heterocycles. The van der Waals surface area contributed by atoms with Crippen molar-refractivity contribution in [3.8, 4) is 5.75 Å².